The zero-order chi connectivity index (χ0) is 21.9. The van der Waals surface area contributed by atoms with Gasteiger partial charge in [-0.05, 0) is 53.6 Å². The van der Waals surface area contributed by atoms with Crippen LogP contribution in [-0.2, 0) is 4.79 Å². The molecule has 1 aliphatic heterocycles. The first kappa shape index (κ1) is 19.4. The van der Waals surface area contributed by atoms with E-state index in [0.29, 0.717) is 22.6 Å². The fraction of sp³-hybridized carbons (Fsp3) is 0. The second kappa shape index (κ2) is 8.28. The second-order valence-corrected chi connectivity index (χ2v) is 7.42. The number of H-pyrrole nitrogens is 1. The van der Waals surface area contributed by atoms with Gasteiger partial charge in [-0.1, -0.05) is 48.5 Å². The van der Waals surface area contributed by atoms with Gasteiger partial charge in [0.1, 0.15) is 0 Å². The van der Waals surface area contributed by atoms with Gasteiger partial charge in [-0.15, -0.1) is 0 Å². The molecule has 5 rings (SSSR count). The number of fused-ring (bicyclic) bond motifs is 1. The Kier molecular flexibility index (Phi) is 5.01. The Morgan fingerprint density at radius 2 is 1.50 bits per heavy atom. The monoisotopic (exact) mass is 420 g/mol. The van der Waals surface area contributed by atoms with Crippen LogP contribution in [0.25, 0.3) is 22.8 Å². The van der Waals surface area contributed by atoms with E-state index in [0.717, 1.165) is 22.4 Å². The molecule has 0 unspecified atom stereocenters. The molecule has 6 nitrogen and oxygen atoms in total. The van der Waals surface area contributed by atoms with Crippen LogP contribution in [0.15, 0.2) is 91.1 Å². The number of carbonyl (C=O) groups is 2. The van der Waals surface area contributed by atoms with Crippen molar-refractivity contribution in [1.29, 1.82) is 0 Å². The van der Waals surface area contributed by atoms with E-state index in [1.807, 2.05) is 72.8 Å². The minimum Gasteiger partial charge on any atom is -0.362 e. The van der Waals surface area contributed by atoms with E-state index < -0.39 is 0 Å². The van der Waals surface area contributed by atoms with Crippen molar-refractivity contribution in [2.75, 3.05) is 16.0 Å². The quantitative estimate of drug-likeness (QED) is 0.314. The van der Waals surface area contributed by atoms with Crippen LogP contribution < -0.4 is 16.0 Å². The van der Waals surface area contributed by atoms with Crippen LogP contribution in [0, 0.1) is 0 Å². The Morgan fingerprint density at radius 3 is 2.25 bits per heavy atom. The van der Waals surface area contributed by atoms with Crippen LogP contribution in [0.2, 0.25) is 0 Å². The van der Waals surface area contributed by atoms with Gasteiger partial charge in [-0.2, -0.15) is 0 Å². The molecule has 0 bridgehead atoms. The summed E-state index contributed by atoms with van der Waals surface area (Å²) in [5.41, 5.74) is 6.36. The third-order valence-corrected chi connectivity index (χ3v) is 5.23. The van der Waals surface area contributed by atoms with E-state index in [9.17, 15) is 9.59 Å². The Balaban J connectivity index is 1.27. The summed E-state index contributed by atoms with van der Waals surface area (Å²) in [6, 6.07) is 26.5. The van der Waals surface area contributed by atoms with E-state index in [2.05, 4.69) is 20.9 Å². The number of amides is 3. The molecule has 156 valence electrons. The van der Waals surface area contributed by atoms with Crippen molar-refractivity contribution in [3.05, 3.63) is 102 Å². The number of urea groups is 1. The van der Waals surface area contributed by atoms with Gasteiger partial charge in [-0.25, -0.2) is 4.79 Å². The second-order valence-electron chi connectivity index (χ2n) is 7.42. The Hall–Kier alpha value is -4.58. The molecule has 0 saturated heterocycles. The molecule has 0 spiro atoms. The largest absolute Gasteiger partial charge is 0.362 e. The van der Waals surface area contributed by atoms with Crippen LogP contribution >= 0.6 is 0 Å². The van der Waals surface area contributed by atoms with E-state index in [1.54, 1.807) is 24.4 Å². The normalized spacial score (nSPS) is 13.5. The molecule has 6 heteroatoms. The molecule has 4 N–H and O–H groups in total. The summed E-state index contributed by atoms with van der Waals surface area (Å²) < 4.78 is 0. The molecular weight excluding hydrogens is 400 g/mol. The van der Waals surface area contributed by atoms with Gasteiger partial charge in [0, 0.05) is 28.8 Å². The summed E-state index contributed by atoms with van der Waals surface area (Å²) in [5, 5.41) is 8.50. The molecule has 0 fully saturated rings. The summed E-state index contributed by atoms with van der Waals surface area (Å²) in [7, 11) is 0. The number of hydrogen-bond donors (Lipinski definition) is 4. The lowest BCUT2D eigenvalue weighted by molar-refractivity contribution is -0.110. The molecule has 0 aliphatic carbocycles. The molecule has 0 radical (unpaired) electrons. The van der Waals surface area contributed by atoms with Crippen molar-refractivity contribution in [2.24, 2.45) is 0 Å². The number of rotatable bonds is 4. The molecule has 0 saturated carbocycles. The zero-order valence-electron chi connectivity index (χ0n) is 17.1. The summed E-state index contributed by atoms with van der Waals surface area (Å²) in [5.74, 6) is -0.172. The maximum atomic E-state index is 12.5. The summed E-state index contributed by atoms with van der Waals surface area (Å²) >= 11 is 0. The van der Waals surface area contributed by atoms with E-state index in [1.165, 1.54) is 0 Å². The molecule has 2 heterocycles. The molecular formula is C26H20N4O2. The average Bonchev–Trinajstić information content (AvgIpc) is 3.43. The van der Waals surface area contributed by atoms with Gasteiger partial charge in [0.25, 0.3) is 5.91 Å². The average molecular weight is 420 g/mol. The zero-order valence-corrected chi connectivity index (χ0v) is 17.1. The predicted octanol–water partition coefficient (Wildman–Crippen LogP) is 5.82. The lowest BCUT2D eigenvalue weighted by Crippen LogP contribution is -2.19. The lowest BCUT2D eigenvalue weighted by atomic mass is 10.1. The van der Waals surface area contributed by atoms with Gasteiger partial charge >= 0.3 is 6.03 Å². The van der Waals surface area contributed by atoms with Crippen LogP contribution in [0.4, 0.5) is 21.9 Å². The highest BCUT2D eigenvalue weighted by Crippen LogP contribution is 2.35. The van der Waals surface area contributed by atoms with Crippen molar-refractivity contribution in [3.8, 4) is 11.1 Å². The molecule has 1 aliphatic rings. The highest BCUT2D eigenvalue weighted by Gasteiger charge is 2.24. The van der Waals surface area contributed by atoms with Crippen molar-refractivity contribution >= 4 is 40.6 Å². The highest BCUT2D eigenvalue weighted by molar-refractivity contribution is 6.35. The van der Waals surface area contributed by atoms with Crippen LogP contribution in [0.5, 0.6) is 0 Å². The van der Waals surface area contributed by atoms with Gasteiger partial charge in [0.2, 0.25) is 0 Å². The molecule has 0 atom stereocenters. The standard InChI is InChI=1S/C26H20N4O2/c31-25-23(15-20-7-4-14-27-20)22-13-12-21(16-24(22)30-25)29-26(32)28-19-10-8-18(9-11-19)17-5-2-1-3-6-17/h1-16,27H,(H,30,31)(H2,28,29,32)/b23-15-. The molecule has 3 aromatic carbocycles. The number of hydrogen-bond acceptors (Lipinski definition) is 2. The summed E-state index contributed by atoms with van der Waals surface area (Å²) in [4.78, 5) is 27.9. The molecule has 1 aromatic heterocycles. The molecule has 32 heavy (non-hydrogen) atoms. The van der Waals surface area contributed by atoms with Crippen LogP contribution in [-0.4, -0.2) is 16.9 Å². The topological polar surface area (TPSA) is 86.0 Å². The SMILES string of the molecule is O=C(Nc1ccc(-c2ccccc2)cc1)Nc1ccc2c(c1)NC(=O)/C2=C\c1ccc[nH]1. The fourth-order valence-corrected chi connectivity index (χ4v) is 3.68. The number of aromatic amines is 1. The first-order chi connectivity index (χ1) is 15.7. The number of aromatic nitrogens is 1. The molecule has 3 amide bonds. The van der Waals surface area contributed by atoms with Crippen molar-refractivity contribution in [3.63, 3.8) is 0 Å². The lowest BCUT2D eigenvalue weighted by Gasteiger charge is -2.10. The number of benzene rings is 3. The first-order valence-corrected chi connectivity index (χ1v) is 10.2. The fourth-order valence-electron chi connectivity index (χ4n) is 3.68. The number of anilines is 3. The minimum atomic E-state index is -0.358. The number of nitrogens with one attached hydrogen (secondary N) is 4. The Morgan fingerprint density at radius 1 is 0.781 bits per heavy atom. The van der Waals surface area contributed by atoms with Crippen molar-refractivity contribution < 1.29 is 9.59 Å². The Labute approximate surface area is 185 Å². The maximum absolute atomic E-state index is 12.5. The van der Waals surface area contributed by atoms with Crippen molar-refractivity contribution in [2.45, 2.75) is 0 Å². The maximum Gasteiger partial charge on any atom is 0.323 e. The van der Waals surface area contributed by atoms with Gasteiger partial charge in [0.15, 0.2) is 0 Å². The highest BCUT2D eigenvalue weighted by atomic mass is 16.2. The summed E-state index contributed by atoms with van der Waals surface area (Å²) in [6.07, 6.45) is 3.61. The van der Waals surface area contributed by atoms with Gasteiger partial charge in [-0.3, -0.25) is 4.79 Å². The third kappa shape index (κ3) is 4.02. The van der Waals surface area contributed by atoms with Crippen molar-refractivity contribution in [1.82, 2.24) is 4.98 Å². The van der Waals surface area contributed by atoms with Crippen LogP contribution in [0.1, 0.15) is 11.3 Å². The van der Waals surface area contributed by atoms with E-state index >= 15 is 0 Å². The summed E-state index contributed by atoms with van der Waals surface area (Å²) in [6.45, 7) is 0. The third-order valence-electron chi connectivity index (χ3n) is 5.23. The number of carbonyl (C=O) groups excluding carboxylic acids is 2. The van der Waals surface area contributed by atoms with E-state index in [-0.39, 0.29) is 11.9 Å². The smallest absolute Gasteiger partial charge is 0.323 e. The van der Waals surface area contributed by atoms with Gasteiger partial charge in [0.05, 0.1) is 11.3 Å². The Bertz CT molecular complexity index is 1310. The minimum absolute atomic E-state index is 0.172. The van der Waals surface area contributed by atoms with Crippen LogP contribution in [0.3, 0.4) is 0 Å². The van der Waals surface area contributed by atoms with E-state index in [4.69, 9.17) is 0 Å². The molecule has 4 aromatic rings. The predicted molar refractivity (Wildman–Crippen MR) is 128 cm³/mol. The first-order valence-electron chi connectivity index (χ1n) is 10.2. The van der Waals surface area contributed by atoms with Gasteiger partial charge < -0.3 is 20.9 Å².